The Balaban J connectivity index is 1.75. The Labute approximate surface area is 140 Å². The molecule has 0 atom stereocenters. The summed E-state index contributed by atoms with van der Waals surface area (Å²) in [5.41, 5.74) is 3.50. The van der Waals surface area contributed by atoms with Crippen molar-refractivity contribution in [1.29, 1.82) is 0 Å². The van der Waals surface area contributed by atoms with E-state index in [1.165, 1.54) is 11.3 Å². The molecule has 0 aliphatic heterocycles. The van der Waals surface area contributed by atoms with Crippen LogP contribution in [0.4, 0.5) is 0 Å². The molecule has 0 saturated heterocycles. The fourth-order valence-electron chi connectivity index (χ4n) is 2.74. The van der Waals surface area contributed by atoms with Gasteiger partial charge in [0.1, 0.15) is 17.0 Å². The molecular weight excluding hydrogens is 322 g/mol. The van der Waals surface area contributed by atoms with Crippen molar-refractivity contribution in [2.24, 2.45) is 0 Å². The molecule has 0 radical (unpaired) electrons. The Morgan fingerprint density at radius 3 is 2.83 bits per heavy atom. The molecule has 5 rings (SSSR count). The number of imidazole rings is 1. The van der Waals surface area contributed by atoms with Crippen molar-refractivity contribution in [3.8, 4) is 22.2 Å². The smallest absolute Gasteiger partial charge is 0.235 e. The first-order chi connectivity index (χ1) is 11.8. The minimum absolute atomic E-state index is 0.680. The van der Waals surface area contributed by atoms with Gasteiger partial charge in [-0.05, 0) is 31.2 Å². The van der Waals surface area contributed by atoms with Crippen molar-refractivity contribution in [3.05, 3.63) is 54.5 Å². The predicted molar refractivity (Wildman–Crippen MR) is 90.8 cm³/mol. The number of pyridine rings is 2. The fourth-order valence-corrected chi connectivity index (χ4v) is 3.56. The van der Waals surface area contributed by atoms with E-state index in [-0.39, 0.29) is 0 Å². The molecule has 0 aliphatic rings. The van der Waals surface area contributed by atoms with Crippen molar-refractivity contribution in [2.45, 2.75) is 6.92 Å². The lowest BCUT2D eigenvalue weighted by Crippen LogP contribution is -1.96. The lowest BCUT2D eigenvalue weighted by molar-refractivity contribution is 0.951. The molecule has 0 spiro atoms. The molecule has 0 unspecified atom stereocenters. The van der Waals surface area contributed by atoms with Gasteiger partial charge in [-0.2, -0.15) is 9.61 Å². The second kappa shape index (κ2) is 4.93. The van der Waals surface area contributed by atoms with E-state index in [4.69, 9.17) is 0 Å². The average Bonchev–Trinajstić information content (AvgIpc) is 3.27. The normalized spacial score (nSPS) is 11.5. The second-order valence-corrected chi connectivity index (χ2v) is 6.27. The Bertz CT molecular complexity index is 1170. The van der Waals surface area contributed by atoms with Crippen molar-refractivity contribution >= 4 is 21.9 Å². The molecular formula is C16H11N7S. The zero-order chi connectivity index (χ0) is 16.1. The fraction of sp³-hybridized carbons (Fsp3) is 0.0625. The summed E-state index contributed by atoms with van der Waals surface area (Å²) >= 11 is 1.47. The molecule has 5 aromatic heterocycles. The van der Waals surface area contributed by atoms with Gasteiger partial charge in [-0.15, -0.1) is 10.2 Å². The second-order valence-electron chi connectivity index (χ2n) is 5.31. The molecule has 0 amide bonds. The summed E-state index contributed by atoms with van der Waals surface area (Å²) in [6.07, 6.45) is 3.73. The van der Waals surface area contributed by atoms with E-state index in [1.807, 2.05) is 53.9 Å². The van der Waals surface area contributed by atoms with Gasteiger partial charge in [-0.3, -0.25) is 9.38 Å². The van der Waals surface area contributed by atoms with Gasteiger partial charge in [0.05, 0.1) is 5.69 Å². The van der Waals surface area contributed by atoms with Crippen LogP contribution in [0.3, 0.4) is 0 Å². The number of rotatable bonds is 2. The maximum absolute atomic E-state index is 4.65. The van der Waals surface area contributed by atoms with Gasteiger partial charge in [0.2, 0.25) is 10.8 Å². The molecule has 5 heterocycles. The molecule has 0 aromatic carbocycles. The third-order valence-electron chi connectivity index (χ3n) is 3.79. The molecule has 0 bridgehead atoms. The van der Waals surface area contributed by atoms with E-state index in [0.717, 1.165) is 32.7 Å². The van der Waals surface area contributed by atoms with Crippen LogP contribution in [0, 0.1) is 6.92 Å². The molecule has 8 heteroatoms. The quantitative estimate of drug-likeness (QED) is 0.497. The Kier molecular flexibility index (Phi) is 2.74. The van der Waals surface area contributed by atoms with Crippen molar-refractivity contribution < 1.29 is 0 Å². The lowest BCUT2D eigenvalue weighted by atomic mass is 10.3. The van der Waals surface area contributed by atoms with Gasteiger partial charge in [0.15, 0.2) is 5.01 Å². The minimum Gasteiger partial charge on any atom is -0.297 e. The van der Waals surface area contributed by atoms with Gasteiger partial charge in [-0.1, -0.05) is 23.5 Å². The van der Waals surface area contributed by atoms with Crippen LogP contribution < -0.4 is 0 Å². The number of hydrogen-bond donors (Lipinski definition) is 0. The van der Waals surface area contributed by atoms with Crippen LogP contribution in [-0.4, -0.2) is 34.2 Å². The zero-order valence-corrected chi connectivity index (χ0v) is 13.5. The molecule has 7 nitrogen and oxygen atoms in total. The van der Waals surface area contributed by atoms with Crippen LogP contribution in [0.25, 0.3) is 32.8 Å². The Morgan fingerprint density at radius 2 is 1.96 bits per heavy atom. The van der Waals surface area contributed by atoms with Crippen LogP contribution in [0.5, 0.6) is 0 Å². The standard InChI is InChI=1S/C16H11N7S/c1-10-13(22-9-5-3-7-12(22)18-10)14-19-20-16-23(14)21-15(24-16)11-6-2-4-8-17-11/h2-9H,1H3. The number of aryl methyl sites for hydroxylation is 1. The van der Waals surface area contributed by atoms with Gasteiger partial charge >= 0.3 is 0 Å². The summed E-state index contributed by atoms with van der Waals surface area (Å²) in [6, 6.07) is 11.7. The predicted octanol–water partition coefficient (Wildman–Crippen LogP) is 2.87. The third kappa shape index (κ3) is 1.86. The average molecular weight is 333 g/mol. The molecule has 0 aliphatic carbocycles. The van der Waals surface area contributed by atoms with Gasteiger partial charge < -0.3 is 0 Å². The van der Waals surface area contributed by atoms with Crippen LogP contribution in [0.15, 0.2) is 48.8 Å². The van der Waals surface area contributed by atoms with E-state index >= 15 is 0 Å². The van der Waals surface area contributed by atoms with Crippen molar-refractivity contribution in [1.82, 2.24) is 34.2 Å². The maximum atomic E-state index is 4.65. The topological polar surface area (TPSA) is 73.3 Å². The summed E-state index contributed by atoms with van der Waals surface area (Å²) in [5.74, 6) is 0.680. The molecule has 116 valence electrons. The largest absolute Gasteiger partial charge is 0.297 e. The summed E-state index contributed by atoms with van der Waals surface area (Å²) in [4.78, 5) is 9.67. The van der Waals surface area contributed by atoms with Crippen LogP contribution >= 0.6 is 11.3 Å². The highest BCUT2D eigenvalue weighted by atomic mass is 32.1. The highest BCUT2D eigenvalue weighted by Gasteiger charge is 2.20. The number of nitrogens with zero attached hydrogens (tertiary/aromatic N) is 7. The summed E-state index contributed by atoms with van der Waals surface area (Å²) in [6.45, 7) is 1.97. The molecule has 0 N–H and O–H groups in total. The van der Waals surface area contributed by atoms with Crippen LogP contribution in [-0.2, 0) is 0 Å². The Morgan fingerprint density at radius 1 is 1.04 bits per heavy atom. The summed E-state index contributed by atoms with van der Waals surface area (Å²) < 4.78 is 3.77. The first-order valence-corrected chi connectivity index (χ1v) is 8.20. The summed E-state index contributed by atoms with van der Waals surface area (Å²) in [7, 11) is 0. The maximum Gasteiger partial charge on any atom is 0.235 e. The van der Waals surface area contributed by atoms with Gasteiger partial charge in [0.25, 0.3) is 0 Å². The third-order valence-corrected chi connectivity index (χ3v) is 4.71. The SMILES string of the molecule is Cc1nc2ccccn2c1-c1nnc2sc(-c3ccccn3)nn12. The Hall–Kier alpha value is -3.13. The summed E-state index contributed by atoms with van der Waals surface area (Å²) in [5, 5.41) is 14.1. The first kappa shape index (κ1) is 13.3. The van der Waals surface area contributed by atoms with Crippen LogP contribution in [0.1, 0.15) is 5.69 Å². The molecule has 5 aromatic rings. The van der Waals surface area contributed by atoms with Crippen LogP contribution in [0.2, 0.25) is 0 Å². The lowest BCUT2D eigenvalue weighted by Gasteiger charge is -1.99. The molecule has 0 saturated carbocycles. The van der Waals surface area contributed by atoms with E-state index in [1.54, 1.807) is 10.7 Å². The molecule has 0 fully saturated rings. The van der Waals surface area contributed by atoms with Crippen molar-refractivity contribution in [3.63, 3.8) is 0 Å². The van der Waals surface area contributed by atoms with Gasteiger partial charge in [-0.25, -0.2) is 4.98 Å². The van der Waals surface area contributed by atoms with Crippen molar-refractivity contribution in [2.75, 3.05) is 0 Å². The highest BCUT2D eigenvalue weighted by molar-refractivity contribution is 7.19. The van der Waals surface area contributed by atoms with E-state index in [2.05, 4.69) is 25.3 Å². The van der Waals surface area contributed by atoms with E-state index in [0.29, 0.717) is 5.82 Å². The minimum atomic E-state index is 0.680. The molecule has 24 heavy (non-hydrogen) atoms. The number of hydrogen-bond acceptors (Lipinski definition) is 6. The first-order valence-electron chi connectivity index (χ1n) is 7.39. The zero-order valence-electron chi connectivity index (χ0n) is 12.7. The van der Waals surface area contributed by atoms with Gasteiger partial charge in [0, 0.05) is 12.4 Å². The number of aromatic nitrogens is 7. The number of fused-ring (bicyclic) bond motifs is 2. The monoisotopic (exact) mass is 333 g/mol. The van der Waals surface area contributed by atoms with E-state index in [9.17, 15) is 0 Å². The highest BCUT2D eigenvalue weighted by Crippen LogP contribution is 2.28. The van der Waals surface area contributed by atoms with E-state index < -0.39 is 0 Å².